The van der Waals surface area contributed by atoms with Crippen molar-refractivity contribution >= 4 is 23.6 Å². The van der Waals surface area contributed by atoms with Crippen LogP contribution in [0.1, 0.15) is 17.5 Å². The highest BCUT2D eigenvalue weighted by Crippen LogP contribution is 2.13. The monoisotopic (exact) mass is 372 g/mol. The molecule has 1 aliphatic heterocycles. The van der Waals surface area contributed by atoms with Gasteiger partial charge in [-0.25, -0.2) is 4.39 Å². The number of benzene rings is 2. The molecule has 1 saturated heterocycles. The minimum absolute atomic E-state index is 0.0219. The maximum atomic E-state index is 13.0. The minimum atomic E-state index is -0.215. The third-order valence-electron chi connectivity index (χ3n) is 4.49. The molecule has 0 N–H and O–H groups in total. The van der Waals surface area contributed by atoms with Gasteiger partial charge in [0.1, 0.15) is 5.82 Å². The van der Waals surface area contributed by atoms with Gasteiger partial charge in [-0.3, -0.25) is 9.69 Å². The van der Waals surface area contributed by atoms with Crippen LogP contribution in [0.15, 0.2) is 54.6 Å². The summed E-state index contributed by atoms with van der Waals surface area (Å²) in [4.78, 5) is 16.6. The fraction of sp³-hybridized carbons (Fsp3) is 0.286. The van der Waals surface area contributed by atoms with Gasteiger partial charge < -0.3 is 4.90 Å². The summed E-state index contributed by atoms with van der Waals surface area (Å²) in [6, 6.07) is 14.0. The number of hydrogen-bond donors (Lipinski definition) is 0. The van der Waals surface area contributed by atoms with E-state index in [9.17, 15) is 9.18 Å². The Morgan fingerprint density at radius 2 is 1.88 bits per heavy atom. The number of hydrogen-bond acceptors (Lipinski definition) is 2. The number of halogens is 2. The Morgan fingerprint density at radius 1 is 1.08 bits per heavy atom. The lowest BCUT2D eigenvalue weighted by Gasteiger charge is -2.21. The Hall–Kier alpha value is -2.17. The second kappa shape index (κ2) is 8.97. The first-order valence-corrected chi connectivity index (χ1v) is 9.17. The summed E-state index contributed by atoms with van der Waals surface area (Å²) in [7, 11) is 0. The molecular formula is C21H22ClFN2O. The molecule has 3 nitrogen and oxygen atoms in total. The van der Waals surface area contributed by atoms with E-state index in [0.717, 1.165) is 43.7 Å². The van der Waals surface area contributed by atoms with Gasteiger partial charge in [-0.2, -0.15) is 0 Å². The Kier molecular flexibility index (Phi) is 6.42. The number of amides is 1. The molecule has 26 heavy (non-hydrogen) atoms. The second-order valence-corrected chi connectivity index (χ2v) is 6.91. The smallest absolute Gasteiger partial charge is 0.246 e. The molecule has 1 heterocycles. The van der Waals surface area contributed by atoms with E-state index in [1.165, 1.54) is 12.1 Å². The molecule has 0 bridgehead atoms. The predicted molar refractivity (Wildman–Crippen MR) is 103 cm³/mol. The molecule has 136 valence electrons. The molecule has 2 aromatic carbocycles. The van der Waals surface area contributed by atoms with Gasteiger partial charge in [-0.15, -0.1) is 0 Å². The van der Waals surface area contributed by atoms with Crippen LogP contribution in [0.3, 0.4) is 0 Å². The van der Waals surface area contributed by atoms with Crippen LogP contribution in [-0.2, 0) is 11.3 Å². The summed E-state index contributed by atoms with van der Waals surface area (Å²) in [5.41, 5.74) is 2.01. The fourth-order valence-corrected chi connectivity index (χ4v) is 3.28. The lowest BCUT2D eigenvalue weighted by atomic mass is 10.2. The first-order valence-electron chi connectivity index (χ1n) is 8.79. The van der Waals surface area contributed by atoms with Crippen LogP contribution in [0.25, 0.3) is 6.08 Å². The van der Waals surface area contributed by atoms with E-state index in [2.05, 4.69) is 4.90 Å². The van der Waals surface area contributed by atoms with E-state index in [0.29, 0.717) is 11.6 Å². The molecule has 0 radical (unpaired) electrons. The van der Waals surface area contributed by atoms with Crippen LogP contribution in [0.4, 0.5) is 4.39 Å². The van der Waals surface area contributed by atoms with Gasteiger partial charge in [-0.1, -0.05) is 35.9 Å². The molecule has 1 aliphatic rings. The van der Waals surface area contributed by atoms with Crippen LogP contribution < -0.4 is 0 Å². The largest absolute Gasteiger partial charge is 0.338 e. The molecule has 3 rings (SSSR count). The summed E-state index contributed by atoms with van der Waals surface area (Å²) < 4.78 is 13.0. The summed E-state index contributed by atoms with van der Waals surface area (Å²) in [5, 5.41) is 0.658. The van der Waals surface area contributed by atoms with Crippen molar-refractivity contribution in [1.29, 1.82) is 0 Å². The molecule has 0 spiro atoms. The normalized spacial score (nSPS) is 16.0. The van der Waals surface area contributed by atoms with E-state index in [-0.39, 0.29) is 11.7 Å². The SMILES string of the molecule is O=C(/C=C/c1cccc(Cl)c1)N1CCCN(Cc2ccc(F)cc2)CC1. The molecule has 1 amide bonds. The Labute approximate surface area is 158 Å². The maximum Gasteiger partial charge on any atom is 0.246 e. The molecule has 0 aliphatic carbocycles. The van der Waals surface area contributed by atoms with Gasteiger partial charge >= 0.3 is 0 Å². The number of rotatable bonds is 4. The zero-order valence-electron chi connectivity index (χ0n) is 14.6. The van der Waals surface area contributed by atoms with Crippen molar-refractivity contribution in [2.75, 3.05) is 26.2 Å². The summed E-state index contributed by atoms with van der Waals surface area (Å²) in [5.74, 6) is -0.193. The van der Waals surface area contributed by atoms with E-state index < -0.39 is 0 Å². The minimum Gasteiger partial charge on any atom is -0.338 e. The van der Waals surface area contributed by atoms with Crippen LogP contribution in [-0.4, -0.2) is 41.9 Å². The molecular weight excluding hydrogens is 351 g/mol. The third kappa shape index (κ3) is 5.41. The van der Waals surface area contributed by atoms with E-state index in [1.54, 1.807) is 12.2 Å². The molecule has 0 aromatic heterocycles. The van der Waals surface area contributed by atoms with Crippen molar-refractivity contribution in [2.45, 2.75) is 13.0 Å². The molecule has 0 atom stereocenters. The zero-order chi connectivity index (χ0) is 18.4. The number of carbonyl (C=O) groups is 1. The molecule has 2 aromatic rings. The average molecular weight is 373 g/mol. The van der Waals surface area contributed by atoms with Gasteiger partial charge in [0.2, 0.25) is 5.91 Å². The first-order chi connectivity index (χ1) is 12.6. The highest BCUT2D eigenvalue weighted by Gasteiger charge is 2.17. The summed E-state index contributed by atoms with van der Waals surface area (Å²) >= 11 is 5.97. The standard InChI is InChI=1S/C21H22ClFN2O/c22-19-4-1-3-17(15-19)7-10-21(26)25-12-2-11-24(13-14-25)16-18-5-8-20(23)9-6-18/h1,3-10,15H,2,11-14,16H2/b10-7+. The average Bonchev–Trinajstić information content (AvgIpc) is 2.87. The van der Waals surface area contributed by atoms with Crippen LogP contribution in [0.5, 0.6) is 0 Å². The molecule has 5 heteroatoms. The predicted octanol–water partition coefficient (Wildman–Crippen LogP) is 4.23. The first kappa shape index (κ1) is 18.6. The van der Waals surface area contributed by atoms with Gasteiger partial charge in [0, 0.05) is 43.8 Å². The van der Waals surface area contributed by atoms with Crippen LogP contribution in [0.2, 0.25) is 5.02 Å². The van der Waals surface area contributed by atoms with Crippen molar-refractivity contribution < 1.29 is 9.18 Å². The molecule has 1 fully saturated rings. The highest BCUT2D eigenvalue weighted by atomic mass is 35.5. The Bertz CT molecular complexity index is 776. The highest BCUT2D eigenvalue weighted by molar-refractivity contribution is 6.30. The maximum absolute atomic E-state index is 13.0. The van der Waals surface area contributed by atoms with Gasteiger partial charge in [0.25, 0.3) is 0 Å². The second-order valence-electron chi connectivity index (χ2n) is 6.47. The lowest BCUT2D eigenvalue weighted by Crippen LogP contribution is -2.34. The van der Waals surface area contributed by atoms with Gasteiger partial charge in [0.05, 0.1) is 0 Å². The van der Waals surface area contributed by atoms with E-state index in [1.807, 2.05) is 41.3 Å². The topological polar surface area (TPSA) is 23.6 Å². The van der Waals surface area contributed by atoms with Crippen LogP contribution in [0, 0.1) is 5.82 Å². The van der Waals surface area contributed by atoms with Gasteiger partial charge in [0.15, 0.2) is 0 Å². The number of carbonyl (C=O) groups excluding carboxylic acids is 1. The summed E-state index contributed by atoms with van der Waals surface area (Å²) in [6.45, 7) is 3.96. The van der Waals surface area contributed by atoms with Crippen LogP contribution >= 0.6 is 11.6 Å². The lowest BCUT2D eigenvalue weighted by molar-refractivity contribution is -0.125. The van der Waals surface area contributed by atoms with E-state index in [4.69, 9.17) is 11.6 Å². The zero-order valence-corrected chi connectivity index (χ0v) is 15.3. The quantitative estimate of drug-likeness (QED) is 0.750. The Morgan fingerprint density at radius 3 is 2.65 bits per heavy atom. The van der Waals surface area contributed by atoms with Crippen molar-refractivity contribution in [3.8, 4) is 0 Å². The van der Waals surface area contributed by atoms with E-state index >= 15 is 0 Å². The van der Waals surface area contributed by atoms with Crippen molar-refractivity contribution in [1.82, 2.24) is 9.80 Å². The van der Waals surface area contributed by atoms with Crippen molar-refractivity contribution in [3.63, 3.8) is 0 Å². The van der Waals surface area contributed by atoms with Gasteiger partial charge in [-0.05, 0) is 47.9 Å². The Balaban J connectivity index is 1.54. The summed E-state index contributed by atoms with van der Waals surface area (Å²) in [6.07, 6.45) is 4.34. The molecule has 0 saturated carbocycles. The fourth-order valence-electron chi connectivity index (χ4n) is 3.08. The molecule has 0 unspecified atom stereocenters. The van der Waals surface area contributed by atoms with Crippen molar-refractivity contribution in [2.24, 2.45) is 0 Å². The third-order valence-corrected chi connectivity index (χ3v) is 4.72. The number of nitrogens with zero attached hydrogens (tertiary/aromatic N) is 2. The van der Waals surface area contributed by atoms with Crippen molar-refractivity contribution in [3.05, 3.63) is 76.6 Å².